The van der Waals surface area contributed by atoms with Crippen LogP contribution in [0.4, 0.5) is 10.1 Å². The van der Waals surface area contributed by atoms with Crippen molar-refractivity contribution in [3.8, 4) is 17.2 Å². The van der Waals surface area contributed by atoms with Crippen LogP contribution in [-0.2, 0) is 23.1 Å². The van der Waals surface area contributed by atoms with Crippen molar-refractivity contribution in [3.63, 3.8) is 0 Å². The summed E-state index contributed by atoms with van der Waals surface area (Å²) in [6, 6.07) is 23.9. The van der Waals surface area contributed by atoms with E-state index in [-0.39, 0.29) is 40.3 Å². The van der Waals surface area contributed by atoms with Crippen molar-refractivity contribution in [2.75, 3.05) is 57.9 Å². The van der Waals surface area contributed by atoms with Gasteiger partial charge in [0.2, 0.25) is 0 Å². The van der Waals surface area contributed by atoms with E-state index in [9.17, 15) is 9.90 Å². The van der Waals surface area contributed by atoms with Gasteiger partial charge in [0.05, 0.1) is 31.6 Å². The number of hydrogen-bond acceptors (Lipinski definition) is 7. The number of anilines is 1. The first-order chi connectivity index (χ1) is 26.8. The van der Waals surface area contributed by atoms with Gasteiger partial charge >= 0.3 is 0 Å². The van der Waals surface area contributed by atoms with Crippen molar-refractivity contribution in [3.05, 3.63) is 118 Å². The number of aryl methyl sites for hydroxylation is 1. The summed E-state index contributed by atoms with van der Waals surface area (Å²) < 4.78 is 35.4. The minimum atomic E-state index is -0.220. The number of carbonyl (C=O) groups excluding carboxylic acids is 1. The van der Waals surface area contributed by atoms with Crippen molar-refractivity contribution in [2.45, 2.75) is 74.3 Å². The molecule has 3 atom stereocenters. The predicted molar refractivity (Wildman–Crippen MR) is 209 cm³/mol. The molecule has 3 fully saturated rings. The molecule has 2 spiro atoms. The van der Waals surface area contributed by atoms with E-state index in [0.717, 1.165) is 118 Å². The van der Waals surface area contributed by atoms with Crippen LogP contribution in [0.25, 0.3) is 0 Å². The predicted octanol–water partition coefficient (Wildman–Crippen LogP) is 7.45. The van der Waals surface area contributed by atoms with Crippen LogP contribution in [0, 0.1) is 11.7 Å². The SMILES string of the molecule is COc1cc(N2CCC3(CC2)CC(CN2CCC4(CC2)COc2c4ccc4c2CNC4=O)CO3)c(F)cc1C1c2ccc(O)cc2CCC1c1ccccc1. The lowest BCUT2D eigenvalue weighted by Crippen LogP contribution is -2.46. The fourth-order valence-electron chi connectivity index (χ4n) is 11.1. The number of amides is 1. The number of carbonyl (C=O) groups is 1. The number of rotatable bonds is 6. The van der Waals surface area contributed by atoms with Crippen molar-refractivity contribution in [1.82, 2.24) is 10.2 Å². The maximum absolute atomic E-state index is 16.4. The van der Waals surface area contributed by atoms with Crippen LogP contribution in [0.5, 0.6) is 17.2 Å². The second-order valence-electron chi connectivity index (χ2n) is 17.0. The maximum Gasteiger partial charge on any atom is 0.252 e. The van der Waals surface area contributed by atoms with Crippen molar-refractivity contribution in [1.29, 1.82) is 0 Å². The van der Waals surface area contributed by atoms with Gasteiger partial charge in [-0.3, -0.25) is 4.79 Å². The molecule has 4 aromatic carbocycles. The third-order valence-corrected chi connectivity index (χ3v) is 14.1. The molecule has 0 bridgehead atoms. The largest absolute Gasteiger partial charge is 0.508 e. The van der Waals surface area contributed by atoms with Gasteiger partial charge in [-0.2, -0.15) is 0 Å². The van der Waals surface area contributed by atoms with Crippen LogP contribution in [0.15, 0.2) is 72.8 Å². The minimum Gasteiger partial charge on any atom is -0.508 e. The van der Waals surface area contributed by atoms with E-state index in [1.807, 2.05) is 30.3 Å². The van der Waals surface area contributed by atoms with Gasteiger partial charge in [-0.1, -0.05) is 42.5 Å². The van der Waals surface area contributed by atoms with Gasteiger partial charge in [-0.25, -0.2) is 4.39 Å². The zero-order chi connectivity index (χ0) is 37.3. The first-order valence-electron chi connectivity index (χ1n) is 20.2. The highest BCUT2D eigenvalue weighted by atomic mass is 19.1. The van der Waals surface area contributed by atoms with Crippen molar-refractivity contribution < 1.29 is 28.5 Å². The molecule has 4 aromatic rings. The first-order valence-corrected chi connectivity index (χ1v) is 20.2. The second-order valence-corrected chi connectivity index (χ2v) is 17.0. The number of nitrogens with one attached hydrogen (secondary N) is 1. The second kappa shape index (κ2) is 13.6. The minimum absolute atomic E-state index is 0.00295. The number of nitrogens with zero attached hydrogens (tertiary/aromatic N) is 2. The van der Waals surface area contributed by atoms with Crippen LogP contribution < -0.4 is 19.7 Å². The lowest BCUT2D eigenvalue weighted by molar-refractivity contribution is -0.0156. The number of fused-ring (bicyclic) bond motifs is 5. The summed E-state index contributed by atoms with van der Waals surface area (Å²) in [6.45, 7) is 6.63. The quantitative estimate of drug-likeness (QED) is 0.213. The van der Waals surface area contributed by atoms with Crippen LogP contribution in [-0.4, -0.2) is 74.6 Å². The Morgan fingerprint density at radius 1 is 0.964 bits per heavy atom. The number of likely N-dealkylation sites (tertiary alicyclic amines) is 1. The van der Waals surface area contributed by atoms with Gasteiger partial charge in [0, 0.05) is 65.8 Å². The number of piperidine rings is 2. The molecule has 55 heavy (non-hydrogen) atoms. The number of halogens is 1. The van der Waals surface area contributed by atoms with Gasteiger partial charge in [0.25, 0.3) is 5.91 Å². The highest BCUT2D eigenvalue weighted by molar-refractivity contribution is 5.99. The molecular formula is C46H50FN3O5. The zero-order valence-electron chi connectivity index (χ0n) is 31.6. The van der Waals surface area contributed by atoms with E-state index in [4.69, 9.17) is 14.2 Å². The number of phenolic OH excluding ortho intramolecular Hbond substituents is 1. The molecule has 0 saturated carbocycles. The molecule has 0 aromatic heterocycles. The number of phenols is 1. The van der Waals surface area contributed by atoms with E-state index in [2.05, 4.69) is 45.4 Å². The average Bonchev–Trinajstić information content (AvgIpc) is 3.91. The molecule has 9 heteroatoms. The van der Waals surface area contributed by atoms with Gasteiger partial charge in [0.15, 0.2) is 0 Å². The Morgan fingerprint density at radius 3 is 2.58 bits per heavy atom. The monoisotopic (exact) mass is 743 g/mol. The Morgan fingerprint density at radius 2 is 1.78 bits per heavy atom. The summed E-state index contributed by atoms with van der Waals surface area (Å²) in [4.78, 5) is 17.0. The Kier molecular flexibility index (Phi) is 8.59. The highest BCUT2D eigenvalue weighted by Crippen LogP contribution is 2.52. The number of aromatic hydroxyl groups is 1. The van der Waals surface area contributed by atoms with E-state index in [1.54, 1.807) is 19.2 Å². The molecular weight excluding hydrogens is 694 g/mol. The Labute approximate surface area is 322 Å². The third-order valence-electron chi connectivity index (χ3n) is 14.1. The van der Waals surface area contributed by atoms with Gasteiger partial charge in [-0.05, 0) is 111 Å². The van der Waals surface area contributed by atoms with E-state index < -0.39 is 0 Å². The normalized spacial score (nSPS) is 25.0. The topological polar surface area (TPSA) is 83.5 Å². The molecule has 6 aliphatic rings. The van der Waals surface area contributed by atoms with Crippen LogP contribution in [0.2, 0.25) is 0 Å². The van der Waals surface area contributed by atoms with Crippen LogP contribution in [0.3, 0.4) is 0 Å². The molecule has 1 aliphatic carbocycles. The van der Waals surface area contributed by atoms with Crippen LogP contribution >= 0.6 is 0 Å². The Bertz CT molecular complexity index is 2120. The van der Waals surface area contributed by atoms with E-state index in [0.29, 0.717) is 30.5 Å². The molecule has 5 heterocycles. The molecule has 8 nitrogen and oxygen atoms in total. The summed E-state index contributed by atoms with van der Waals surface area (Å²) in [5, 5.41) is 13.2. The summed E-state index contributed by atoms with van der Waals surface area (Å²) in [5.41, 5.74) is 7.88. The summed E-state index contributed by atoms with van der Waals surface area (Å²) in [7, 11) is 1.69. The summed E-state index contributed by atoms with van der Waals surface area (Å²) >= 11 is 0. The van der Waals surface area contributed by atoms with Gasteiger partial charge in [0.1, 0.15) is 23.1 Å². The number of benzene rings is 4. The summed E-state index contributed by atoms with van der Waals surface area (Å²) in [5.74, 6) is 2.24. The molecule has 0 radical (unpaired) electrons. The smallest absolute Gasteiger partial charge is 0.252 e. The molecule has 3 saturated heterocycles. The Balaban J connectivity index is 0.800. The standard InChI is InChI=1S/C46H50FN3O5/c1-53-41-23-40(39(47)22-36(41)42-33(30-5-3-2-4-6-30)9-7-31-21-32(51)8-10-34(31)42)50-19-15-46(16-20-50)24-29(27-55-46)26-49-17-13-45(14-18-49)28-54-43-37-25-48-44(52)35(37)11-12-38(43)45/h2-6,8,10-12,21-23,29,33,42,51H,7,9,13-20,24-28H2,1H3,(H,48,52). The van der Waals surface area contributed by atoms with Crippen LogP contribution in [0.1, 0.15) is 94.1 Å². The lowest BCUT2D eigenvalue weighted by atomic mass is 9.69. The number of methoxy groups -OCH3 is 1. The number of hydrogen-bond donors (Lipinski definition) is 2. The fourth-order valence-corrected chi connectivity index (χ4v) is 11.1. The third kappa shape index (κ3) is 5.97. The zero-order valence-corrected chi connectivity index (χ0v) is 31.6. The molecule has 3 unspecified atom stereocenters. The molecule has 1 amide bonds. The van der Waals surface area contributed by atoms with Crippen molar-refractivity contribution in [2.24, 2.45) is 5.92 Å². The maximum atomic E-state index is 16.4. The van der Waals surface area contributed by atoms with Gasteiger partial charge in [-0.15, -0.1) is 0 Å². The Hall–Kier alpha value is -4.60. The van der Waals surface area contributed by atoms with E-state index in [1.165, 1.54) is 11.1 Å². The molecule has 286 valence electrons. The fraction of sp³-hybridized carbons (Fsp3) is 0.457. The van der Waals surface area contributed by atoms with Crippen molar-refractivity contribution >= 4 is 11.6 Å². The average molecular weight is 744 g/mol. The lowest BCUT2D eigenvalue weighted by Gasteiger charge is -2.41. The molecule has 5 aliphatic heterocycles. The molecule has 2 N–H and O–H groups in total. The van der Waals surface area contributed by atoms with E-state index >= 15 is 4.39 Å². The number of ether oxygens (including phenoxy) is 3. The first kappa shape index (κ1) is 34.9. The van der Waals surface area contributed by atoms with Gasteiger partial charge < -0.3 is 34.4 Å². The summed E-state index contributed by atoms with van der Waals surface area (Å²) in [6.07, 6.45) is 6.68. The molecule has 10 rings (SSSR count). The highest BCUT2D eigenvalue weighted by Gasteiger charge is 2.47.